The van der Waals surface area contributed by atoms with Crippen LogP contribution < -0.4 is 19.5 Å². The highest BCUT2D eigenvalue weighted by Gasteiger charge is 2.16. The molecule has 6 nitrogen and oxygen atoms in total. The first-order valence-corrected chi connectivity index (χ1v) is 9.99. The molecule has 30 heavy (non-hydrogen) atoms. The minimum Gasteiger partial charge on any atom is -0.494 e. The Morgan fingerprint density at radius 1 is 1.30 bits per heavy atom. The molecule has 0 radical (unpaired) electrons. The zero-order valence-electron chi connectivity index (χ0n) is 17.5. The lowest BCUT2D eigenvalue weighted by Gasteiger charge is -2.17. The fourth-order valence-corrected chi connectivity index (χ4v) is 2.83. The van der Waals surface area contributed by atoms with E-state index in [1.54, 1.807) is 36.4 Å². The number of carbonyl (C=O) groups excluding carboxylic acids is 1. The Morgan fingerprint density at radius 3 is 2.70 bits per heavy atom. The number of hydrogen-bond acceptors (Lipinski definition) is 5. The number of nitriles is 1. The van der Waals surface area contributed by atoms with Crippen molar-refractivity contribution in [3.63, 3.8) is 0 Å². The Bertz CT molecular complexity index is 966. The van der Waals surface area contributed by atoms with Crippen LogP contribution in [0.4, 0.5) is 5.69 Å². The molecule has 2 aromatic carbocycles. The summed E-state index contributed by atoms with van der Waals surface area (Å²) in [5, 5.41) is 12.5. The number of benzene rings is 2. The SMILES string of the molecule is CCOc1cccc(NC(=O)/C(C#N)=C\c2cc(Cl)c(O[C@@H](C)CC)c(OC)c2)c1. The first-order chi connectivity index (χ1) is 14.4. The van der Waals surface area contributed by atoms with Gasteiger partial charge >= 0.3 is 0 Å². The highest BCUT2D eigenvalue weighted by molar-refractivity contribution is 6.32. The number of hydrogen-bond donors (Lipinski definition) is 1. The molecule has 7 heteroatoms. The predicted molar refractivity (Wildman–Crippen MR) is 118 cm³/mol. The van der Waals surface area contributed by atoms with Gasteiger partial charge in [-0.3, -0.25) is 4.79 Å². The van der Waals surface area contributed by atoms with Crippen molar-refractivity contribution in [2.45, 2.75) is 33.3 Å². The second kappa shape index (κ2) is 11.1. The Kier molecular flexibility index (Phi) is 8.57. The Morgan fingerprint density at radius 2 is 2.07 bits per heavy atom. The fourth-order valence-electron chi connectivity index (χ4n) is 2.57. The first kappa shape index (κ1) is 23.1. The topological polar surface area (TPSA) is 80.6 Å². The maximum atomic E-state index is 12.6. The Balaban J connectivity index is 2.28. The molecule has 0 unspecified atom stereocenters. The van der Waals surface area contributed by atoms with Gasteiger partial charge in [-0.15, -0.1) is 0 Å². The second-order valence-corrected chi connectivity index (χ2v) is 6.86. The molecule has 0 fully saturated rings. The lowest BCUT2D eigenvalue weighted by Crippen LogP contribution is -2.13. The number of halogens is 1. The van der Waals surface area contributed by atoms with Crippen molar-refractivity contribution in [2.75, 3.05) is 19.0 Å². The van der Waals surface area contributed by atoms with E-state index in [0.29, 0.717) is 40.1 Å². The number of nitrogens with zero attached hydrogens (tertiary/aromatic N) is 1. The van der Waals surface area contributed by atoms with Gasteiger partial charge in [0.25, 0.3) is 5.91 Å². The molecule has 0 saturated carbocycles. The van der Waals surface area contributed by atoms with Crippen molar-refractivity contribution >= 4 is 29.3 Å². The van der Waals surface area contributed by atoms with Gasteiger partial charge in [-0.05, 0) is 56.2 Å². The number of nitrogens with one attached hydrogen (secondary N) is 1. The van der Waals surface area contributed by atoms with Crippen molar-refractivity contribution in [3.8, 4) is 23.3 Å². The van der Waals surface area contributed by atoms with Crippen LogP contribution in [-0.4, -0.2) is 25.7 Å². The van der Waals surface area contributed by atoms with Crippen LogP contribution in [0.3, 0.4) is 0 Å². The fraction of sp³-hybridized carbons (Fsp3) is 0.304. The van der Waals surface area contributed by atoms with Gasteiger partial charge in [-0.1, -0.05) is 24.6 Å². The molecule has 1 amide bonds. The van der Waals surface area contributed by atoms with Crippen LogP contribution in [0.1, 0.15) is 32.8 Å². The summed E-state index contributed by atoms with van der Waals surface area (Å²) in [6.07, 6.45) is 2.22. The summed E-state index contributed by atoms with van der Waals surface area (Å²) in [4.78, 5) is 12.6. The van der Waals surface area contributed by atoms with E-state index in [2.05, 4.69) is 5.32 Å². The summed E-state index contributed by atoms with van der Waals surface area (Å²) in [5.74, 6) is 0.949. The maximum Gasteiger partial charge on any atom is 0.266 e. The molecule has 0 aliphatic heterocycles. The van der Waals surface area contributed by atoms with Crippen molar-refractivity contribution in [1.29, 1.82) is 5.26 Å². The van der Waals surface area contributed by atoms with E-state index in [9.17, 15) is 10.1 Å². The summed E-state index contributed by atoms with van der Waals surface area (Å²) in [6, 6.07) is 12.2. The molecule has 1 N–H and O–H groups in total. The minimum absolute atomic E-state index is 0.0364. The lowest BCUT2D eigenvalue weighted by molar-refractivity contribution is -0.112. The zero-order valence-corrected chi connectivity index (χ0v) is 18.2. The molecular weight excluding hydrogens is 404 g/mol. The number of ether oxygens (including phenoxy) is 3. The molecule has 158 valence electrons. The third-order valence-corrected chi connectivity index (χ3v) is 4.51. The summed E-state index contributed by atoms with van der Waals surface area (Å²) < 4.78 is 16.6. The number of anilines is 1. The van der Waals surface area contributed by atoms with Crippen LogP contribution in [0.15, 0.2) is 42.0 Å². The highest BCUT2D eigenvalue weighted by Crippen LogP contribution is 2.38. The maximum absolute atomic E-state index is 12.6. The number of amides is 1. The van der Waals surface area contributed by atoms with Crippen LogP contribution in [0.25, 0.3) is 6.08 Å². The van der Waals surface area contributed by atoms with Gasteiger partial charge in [0.2, 0.25) is 0 Å². The molecule has 1 atom stereocenters. The molecular formula is C23H25ClN2O4. The summed E-state index contributed by atoms with van der Waals surface area (Å²) in [5.41, 5.74) is 0.994. The van der Waals surface area contributed by atoms with Gasteiger partial charge in [0.15, 0.2) is 11.5 Å². The summed E-state index contributed by atoms with van der Waals surface area (Å²) in [7, 11) is 1.51. The van der Waals surface area contributed by atoms with E-state index in [4.69, 9.17) is 25.8 Å². The first-order valence-electron chi connectivity index (χ1n) is 9.61. The Labute approximate surface area is 182 Å². The molecule has 0 aliphatic rings. The molecule has 0 aromatic heterocycles. The average molecular weight is 429 g/mol. The second-order valence-electron chi connectivity index (χ2n) is 6.46. The molecule has 2 aromatic rings. The largest absolute Gasteiger partial charge is 0.494 e. The highest BCUT2D eigenvalue weighted by atomic mass is 35.5. The number of methoxy groups -OCH3 is 1. The predicted octanol–water partition coefficient (Wildman–Crippen LogP) is 5.47. The third kappa shape index (κ3) is 6.16. The van der Waals surface area contributed by atoms with E-state index >= 15 is 0 Å². The van der Waals surface area contributed by atoms with E-state index in [-0.39, 0.29) is 11.7 Å². The Hall–Kier alpha value is -3.17. The third-order valence-electron chi connectivity index (χ3n) is 4.22. The average Bonchev–Trinajstić information content (AvgIpc) is 2.73. The van der Waals surface area contributed by atoms with Gasteiger partial charge in [-0.2, -0.15) is 5.26 Å². The monoisotopic (exact) mass is 428 g/mol. The molecule has 0 saturated heterocycles. The van der Waals surface area contributed by atoms with E-state index in [0.717, 1.165) is 6.42 Å². The van der Waals surface area contributed by atoms with Gasteiger partial charge in [0, 0.05) is 11.8 Å². The number of carbonyl (C=O) groups is 1. The smallest absolute Gasteiger partial charge is 0.266 e. The van der Waals surface area contributed by atoms with Crippen molar-refractivity contribution in [1.82, 2.24) is 0 Å². The van der Waals surface area contributed by atoms with Crippen LogP contribution in [-0.2, 0) is 4.79 Å². The standard InChI is InChI=1S/C23H25ClN2O4/c1-5-15(3)30-22-20(24)11-16(12-21(22)28-4)10-17(14-25)23(27)26-18-8-7-9-19(13-18)29-6-2/h7-13,15H,5-6H2,1-4H3,(H,26,27)/b17-10-/t15-/m0/s1. The van der Waals surface area contributed by atoms with Crippen LogP contribution in [0.2, 0.25) is 5.02 Å². The van der Waals surface area contributed by atoms with Crippen molar-refractivity contribution in [2.24, 2.45) is 0 Å². The normalized spacial score (nSPS) is 11.9. The lowest BCUT2D eigenvalue weighted by atomic mass is 10.1. The van der Waals surface area contributed by atoms with Crippen LogP contribution in [0, 0.1) is 11.3 Å². The molecule has 0 spiro atoms. The quantitative estimate of drug-likeness (QED) is 0.423. The van der Waals surface area contributed by atoms with Crippen LogP contribution in [0.5, 0.6) is 17.2 Å². The van der Waals surface area contributed by atoms with Gasteiger partial charge in [0.05, 0.1) is 24.8 Å². The molecule has 0 aliphatic carbocycles. The number of rotatable bonds is 9. The van der Waals surface area contributed by atoms with Crippen molar-refractivity contribution < 1.29 is 19.0 Å². The van der Waals surface area contributed by atoms with Gasteiger partial charge in [0.1, 0.15) is 17.4 Å². The van der Waals surface area contributed by atoms with E-state index < -0.39 is 5.91 Å². The van der Waals surface area contributed by atoms with Gasteiger partial charge in [-0.25, -0.2) is 0 Å². The molecule has 0 bridgehead atoms. The minimum atomic E-state index is -0.541. The van der Waals surface area contributed by atoms with Crippen molar-refractivity contribution in [3.05, 3.63) is 52.6 Å². The van der Waals surface area contributed by atoms with Crippen LogP contribution >= 0.6 is 11.6 Å². The van der Waals surface area contributed by atoms with E-state index in [1.807, 2.05) is 26.8 Å². The van der Waals surface area contributed by atoms with Gasteiger partial charge < -0.3 is 19.5 Å². The zero-order chi connectivity index (χ0) is 22.1. The molecule has 2 rings (SSSR count). The van der Waals surface area contributed by atoms with E-state index in [1.165, 1.54) is 13.2 Å². The summed E-state index contributed by atoms with van der Waals surface area (Å²) in [6.45, 7) is 6.33. The summed E-state index contributed by atoms with van der Waals surface area (Å²) >= 11 is 6.37. The molecule has 0 heterocycles.